The number of esters is 2. The predicted octanol–water partition coefficient (Wildman–Crippen LogP) is -2.83. The molecule has 0 unspecified atom stereocenters. The minimum absolute atomic E-state index is 0. The summed E-state index contributed by atoms with van der Waals surface area (Å²) in [5, 5.41) is 0. The molecule has 0 amide bonds. The second-order valence-electron chi connectivity index (χ2n) is 3.12. The van der Waals surface area contributed by atoms with Crippen LogP contribution in [-0.4, -0.2) is 39.1 Å². The van der Waals surface area contributed by atoms with Gasteiger partial charge in [0, 0.05) is 0 Å². The number of hydrogen-bond donors (Lipinski definition) is 0. The largest absolute Gasteiger partial charge is 1.00 e. The average Bonchev–Trinajstić information content (AvgIpc) is 2.34. The number of hydrogen-bond acceptors (Lipinski definition) is 7. The Labute approximate surface area is 131 Å². The fraction of sp³-hybridized carbons (Fsp3) is 0.200. The van der Waals surface area contributed by atoms with Crippen molar-refractivity contribution in [3.05, 3.63) is 29.3 Å². The summed E-state index contributed by atoms with van der Waals surface area (Å²) >= 11 is 0. The zero-order valence-electron chi connectivity index (χ0n) is 10.5. The van der Waals surface area contributed by atoms with E-state index in [1.807, 2.05) is 0 Å². The molecule has 0 saturated carbocycles. The smallest absolute Gasteiger partial charge is 0.744 e. The first-order chi connectivity index (χ1) is 8.32. The van der Waals surface area contributed by atoms with Crippen molar-refractivity contribution in [1.82, 2.24) is 0 Å². The van der Waals surface area contributed by atoms with E-state index in [4.69, 9.17) is 0 Å². The molecule has 0 fully saturated rings. The van der Waals surface area contributed by atoms with Crippen molar-refractivity contribution < 1.29 is 61.6 Å². The second-order valence-corrected chi connectivity index (χ2v) is 4.46. The van der Waals surface area contributed by atoms with Gasteiger partial charge >= 0.3 is 41.5 Å². The number of benzene rings is 1. The topological polar surface area (TPSA) is 110 Å². The Bertz CT molecular complexity index is 594. The van der Waals surface area contributed by atoms with Crippen LogP contribution in [0.4, 0.5) is 0 Å². The molecule has 0 radical (unpaired) electrons. The van der Waals surface area contributed by atoms with Gasteiger partial charge in [0.25, 0.3) is 0 Å². The van der Waals surface area contributed by atoms with E-state index in [9.17, 15) is 22.6 Å². The number of rotatable bonds is 3. The van der Waals surface area contributed by atoms with E-state index >= 15 is 0 Å². The molecule has 0 saturated heterocycles. The maximum absolute atomic E-state index is 11.5. The minimum Gasteiger partial charge on any atom is -0.744 e. The molecule has 0 aliphatic rings. The van der Waals surface area contributed by atoms with Crippen molar-refractivity contribution in [2.75, 3.05) is 14.2 Å². The van der Waals surface area contributed by atoms with Crippen molar-refractivity contribution in [3.63, 3.8) is 0 Å². The van der Waals surface area contributed by atoms with Crippen LogP contribution in [-0.2, 0) is 19.6 Å². The molecule has 9 heteroatoms. The SMILES string of the molecule is COC(=O)c1cccc(S(=O)(=O)[O-])c1C(=O)OC.[Na+]. The number of carbonyl (C=O) groups excluding carboxylic acids is 2. The van der Waals surface area contributed by atoms with Crippen LogP contribution in [0, 0.1) is 0 Å². The minimum atomic E-state index is -4.91. The van der Waals surface area contributed by atoms with Crippen LogP contribution in [0.2, 0.25) is 0 Å². The number of carbonyl (C=O) groups is 2. The van der Waals surface area contributed by atoms with Crippen LogP contribution in [0.5, 0.6) is 0 Å². The Kier molecular flexibility index (Phi) is 6.67. The normalized spacial score (nSPS) is 10.3. The summed E-state index contributed by atoms with van der Waals surface area (Å²) in [6, 6.07) is 3.23. The van der Waals surface area contributed by atoms with E-state index in [-0.39, 0.29) is 35.1 Å². The van der Waals surface area contributed by atoms with Gasteiger partial charge in [-0.3, -0.25) is 0 Å². The molecule has 1 aromatic rings. The van der Waals surface area contributed by atoms with Gasteiger partial charge in [-0.15, -0.1) is 0 Å². The van der Waals surface area contributed by atoms with Crippen molar-refractivity contribution in [1.29, 1.82) is 0 Å². The summed E-state index contributed by atoms with van der Waals surface area (Å²) in [6.07, 6.45) is 0. The van der Waals surface area contributed by atoms with Crippen molar-refractivity contribution in [2.24, 2.45) is 0 Å². The Morgan fingerprint density at radius 2 is 1.63 bits per heavy atom. The number of methoxy groups -OCH3 is 2. The summed E-state index contributed by atoms with van der Waals surface area (Å²) in [7, 11) is -2.86. The molecular formula is C10H9NaO7S. The first-order valence-electron chi connectivity index (χ1n) is 4.58. The first kappa shape index (κ1) is 18.1. The molecule has 0 atom stereocenters. The summed E-state index contributed by atoms with van der Waals surface area (Å²) < 4.78 is 41.8. The number of ether oxygens (including phenoxy) is 2. The van der Waals surface area contributed by atoms with E-state index in [1.54, 1.807) is 0 Å². The van der Waals surface area contributed by atoms with Gasteiger partial charge in [-0.2, -0.15) is 0 Å². The second kappa shape index (κ2) is 7.01. The van der Waals surface area contributed by atoms with E-state index in [0.29, 0.717) is 0 Å². The van der Waals surface area contributed by atoms with E-state index < -0.39 is 32.5 Å². The zero-order valence-corrected chi connectivity index (χ0v) is 13.3. The Balaban J connectivity index is 0.00000324. The van der Waals surface area contributed by atoms with Gasteiger partial charge < -0.3 is 14.0 Å². The summed E-state index contributed by atoms with van der Waals surface area (Å²) in [6.45, 7) is 0. The van der Waals surface area contributed by atoms with Gasteiger partial charge in [-0.05, 0) is 12.1 Å². The Morgan fingerprint density at radius 3 is 2.05 bits per heavy atom. The Hall–Kier alpha value is -0.930. The molecule has 7 nitrogen and oxygen atoms in total. The Morgan fingerprint density at radius 1 is 1.11 bits per heavy atom. The molecule has 0 aliphatic carbocycles. The van der Waals surface area contributed by atoms with Gasteiger partial charge in [0.1, 0.15) is 10.1 Å². The third-order valence-electron chi connectivity index (χ3n) is 2.09. The summed E-state index contributed by atoms with van der Waals surface area (Å²) in [5.74, 6) is -2.05. The fourth-order valence-electron chi connectivity index (χ4n) is 1.33. The van der Waals surface area contributed by atoms with Crippen molar-refractivity contribution in [2.45, 2.75) is 4.90 Å². The average molecular weight is 296 g/mol. The van der Waals surface area contributed by atoms with Gasteiger partial charge in [0.15, 0.2) is 0 Å². The van der Waals surface area contributed by atoms with E-state index in [2.05, 4.69) is 9.47 Å². The van der Waals surface area contributed by atoms with Crippen LogP contribution in [0.3, 0.4) is 0 Å². The first-order valence-corrected chi connectivity index (χ1v) is 5.99. The van der Waals surface area contributed by atoms with Crippen LogP contribution in [0.25, 0.3) is 0 Å². The summed E-state index contributed by atoms with van der Waals surface area (Å²) in [4.78, 5) is 22.1. The van der Waals surface area contributed by atoms with E-state index in [1.165, 1.54) is 0 Å². The van der Waals surface area contributed by atoms with Crippen LogP contribution in [0.15, 0.2) is 23.1 Å². The molecule has 0 aliphatic heterocycles. The molecule has 0 heterocycles. The van der Waals surface area contributed by atoms with Crippen molar-refractivity contribution in [3.8, 4) is 0 Å². The van der Waals surface area contributed by atoms with Crippen LogP contribution >= 0.6 is 0 Å². The predicted molar refractivity (Wildman–Crippen MR) is 57.1 cm³/mol. The van der Waals surface area contributed by atoms with Crippen molar-refractivity contribution >= 4 is 22.1 Å². The third kappa shape index (κ3) is 4.02. The molecule has 1 aromatic carbocycles. The van der Waals surface area contributed by atoms with Gasteiger partial charge in [0.05, 0.1) is 30.2 Å². The third-order valence-corrected chi connectivity index (χ3v) is 2.97. The molecule has 19 heavy (non-hydrogen) atoms. The standard InChI is InChI=1S/C10H10O7S.Na/c1-16-9(11)6-4-3-5-7(18(13,14)15)8(6)10(12)17-2;/h3-5H,1-2H3,(H,13,14,15);/q;+1/p-1. The fourth-order valence-corrected chi connectivity index (χ4v) is 2.02. The molecule has 0 bridgehead atoms. The van der Waals surface area contributed by atoms with Gasteiger partial charge in [-0.25, -0.2) is 18.0 Å². The molecule has 0 aromatic heterocycles. The molecular weight excluding hydrogens is 287 g/mol. The maximum Gasteiger partial charge on any atom is 1.00 e. The maximum atomic E-state index is 11.5. The summed E-state index contributed by atoms with van der Waals surface area (Å²) in [5.41, 5.74) is -0.969. The molecule has 0 N–H and O–H groups in total. The monoisotopic (exact) mass is 296 g/mol. The quantitative estimate of drug-likeness (QED) is 0.336. The molecule has 98 valence electrons. The van der Waals surface area contributed by atoms with Crippen LogP contribution < -0.4 is 29.6 Å². The molecule has 0 spiro atoms. The van der Waals surface area contributed by atoms with Gasteiger partial charge in [0.2, 0.25) is 0 Å². The van der Waals surface area contributed by atoms with Crippen LogP contribution in [0.1, 0.15) is 20.7 Å². The molecule has 1 rings (SSSR count). The van der Waals surface area contributed by atoms with Gasteiger partial charge in [-0.1, -0.05) is 6.07 Å². The van der Waals surface area contributed by atoms with E-state index in [0.717, 1.165) is 32.4 Å². The zero-order chi connectivity index (χ0) is 13.9.